The van der Waals surface area contributed by atoms with Gasteiger partial charge in [0.2, 0.25) is 5.91 Å². The van der Waals surface area contributed by atoms with Crippen molar-refractivity contribution in [2.75, 3.05) is 13.1 Å². The van der Waals surface area contributed by atoms with Crippen molar-refractivity contribution in [2.24, 2.45) is 5.41 Å². The fourth-order valence-electron chi connectivity index (χ4n) is 1.33. The zero-order valence-electron chi connectivity index (χ0n) is 7.52. The van der Waals surface area contributed by atoms with Crippen molar-refractivity contribution in [1.82, 2.24) is 10.6 Å². The van der Waals surface area contributed by atoms with E-state index in [1.165, 1.54) is 12.8 Å². The highest BCUT2D eigenvalue weighted by Gasteiger charge is 2.38. The quantitative estimate of drug-likeness (QED) is 0.635. The average Bonchev–Trinajstić information content (AvgIpc) is 2.62. The largest absolute Gasteiger partial charge is 0.354 e. The maximum Gasteiger partial charge on any atom is 0.237 e. The van der Waals surface area contributed by atoms with Gasteiger partial charge in [-0.25, -0.2) is 0 Å². The summed E-state index contributed by atoms with van der Waals surface area (Å²) in [5.74, 6) is 0.189. The average molecular weight is 168 g/mol. The molecule has 3 nitrogen and oxygen atoms in total. The summed E-state index contributed by atoms with van der Waals surface area (Å²) in [6, 6.07) is 0.104. The van der Waals surface area contributed by atoms with Gasteiger partial charge >= 0.3 is 0 Å². The van der Waals surface area contributed by atoms with Gasteiger partial charge in [0.1, 0.15) is 0 Å². The maximum absolute atomic E-state index is 11.3. The molecule has 1 unspecified atom stereocenters. The third kappa shape index (κ3) is 1.61. The zero-order valence-corrected chi connectivity index (χ0v) is 7.52. The molecule has 0 aromatic carbocycles. The Bertz CT molecular complexity index is 195. The van der Waals surface area contributed by atoms with E-state index in [9.17, 15) is 4.79 Å². The van der Waals surface area contributed by atoms with Crippen molar-refractivity contribution in [3.8, 4) is 0 Å². The molecule has 2 aliphatic rings. The molecule has 1 saturated carbocycles. The van der Waals surface area contributed by atoms with Crippen molar-refractivity contribution >= 4 is 5.91 Å². The highest BCUT2D eigenvalue weighted by Crippen LogP contribution is 2.44. The van der Waals surface area contributed by atoms with Crippen molar-refractivity contribution in [1.29, 1.82) is 0 Å². The fourth-order valence-corrected chi connectivity index (χ4v) is 1.33. The van der Waals surface area contributed by atoms with Crippen LogP contribution in [0, 0.1) is 5.41 Å². The maximum atomic E-state index is 11.3. The van der Waals surface area contributed by atoms with Gasteiger partial charge in [-0.3, -0.25) is 4.79 Å². The van der Waals surface area contributed by atoms with Gasteiger partial charge in [0.15, 0.2) is 0 Å². The number of hydrogen-bond donors (Lipinski definition) is 2. The molecule has 1 aliphatic carbocycles. The van der Waals surface area contributed by atoms with Gasteiger partial charge in [0.25, 0.3) is 0 Å². The summed E-state index contributed by atoms with van der Waals surface area (Å²) in [4.78, 5) is 11.3. The van der Waals surface area contributed by atoms with Gasteiger partial charge in [-0.2, -0.15) is 0 Å². The molecule has 0 radical (unpaired) electrons. The minimum atomic E-state index is 0.104. The Balaban J connectivity index is 1.68. The number of amides is 1. The lowest BCUT2D eigenvalue weighted by atomic mass is 10.1. The Hall–Kier alpha value is -0.570. The van der Waals surface area contributed by atoms with Gasteiger partial charge in [-0.1, -0.05) is 6.92 Å². The van der Waals surface area contributed by atoms with Crippen molar-refractivity contribution < 1.29 is 4.79 Å². The van der Waals surface area contributed by atoms with E-state index in [1.807, 2.05) is 0 Å². The van der Waals surface area contributed by atoms with Crippen LogP contribution in [0.1, 0.15) is 26.2 Å². The minimum absolute atomic E-state index is 0.104. The SMILES string of the molecule is CC1(CNC(=O)C2CCN2)CC1. The smallest absolute Gasteiger partial charge is 0.237 e. The van der Waals surface area contributed by atoms with Crippen LogP contribution in [0.3, 0.4) is 0 Å². The second kappa shape index (κ2) is 2.73. The molecule has 0 aromatic heterocycles. The van der Waals surface area contributed by atoms with Crippen LogP contribution in [0.5, 0.6) is 0 Å². The van der Waals surface area contributed by atoms with E-state index in [2.05, 4.69) is 17.6 Å². The molecule has 12 heavy (non-hydrogen) atoms. The summed E-state index contributed by atoms with van der Waals surface area (Å²) >= 11 is 0. The Morgan fingerprint density at radius 2 is 2.33 bits per heavy atom. The first-order chi connectivity index (χ1) is 5.70. The summed E-state index contributed by atoms with van der Waals surface area (Å²) in [5.41, 5.74) is 0.430. The number of rotatable bonds is 3. The van der Waals surface area contributed by atoms with Crippen LogP contribution in [-0.2, 0) is 4.79 Å². The van der Waals surface area contributed by atoms with E-state index in [0.717, 1.165) is 19.5 Å². The first-order valence-electron chi connectivity index (χ1n) is 4.71. The van der Waals surface area contributed by atoms with Gasteiger partial charge in [0, 0.05) is 6.54 Å². The van der Waals surface area contributed by atoms with Crippen LogP contribution >= 0.6 is 0 Å². The Kier molecular flexibility index (Phi) is 1.83. The lowest BCUT2D eigenvalue weighted by molar-refractivity contribution is -0.124. The molecule has 0 aromatic rings. The van der Waals surface area contributed by atoms with E-state index in [1.54, 1.807) is 0 Å². The highest BCUT2D eigenvalue weighted by molar-refractivity contribution is 5.82. The van der Waals surface area contributed by atoms with E-state index in [0.29, 0.717) is 5.41 Å². The van der Waals surface area contributed by atoms with Crippen LogP contribution in [0.2, 0.25) is 0 Å². The Morgan fingerprint density at radius 1 is 1.67 bits per heavy atom. The minimum Gasteiger partial charge on any atom is -0.354 e. The summed E-state index contributed by atoms with van der Waals surface area (Å²) in [5, 5.41) is 6.08. The number of hydrogen-bond acceptors (Lipinski definition) is 2. The molecule has 2 rings (SSSR count). The molecular weight excluding hydrogens is 152 g/mol. The van der Waals surface area contributed by atoms with Crippen LogP contribution < -0.4 is 10.6 Å². The van der Waals surface area contributed by atoms with Crippen LogP contribution in [0.25, 0.3) is 0 Å². The first-order valence-corrected chi connectivity index (χ1v) is 4.71. The third-order valence-corrected chi connectivity index (χ3v) is 2.93. The van der Waals surface area contributed by atoms with Gasteiger partial charge < -0.3 is 10.6 Å². The van der Waals surface area contributed by atoms with Crippen LogP contribution in [0.15, 0.2) is 0 Å². The summed E-state index contributed by atoms with van der Waals surface area (Å²) in [6.45, 7) is 4.08. The number of carbonyl (C=O) groups excluding carboxylic acids is 1. The van der Waals surface area contributed by atoms with E-state index >= 15 is 0 Å². The predicted molar refractivity (Wildman–Crippen MR) is 46.8 cm³/mol. The molecule has 68 valence electrons. The lowest BCUT2D eigenvalue weighted by Gasteiger charge is -2.26. The van der Waals surface area contributed by atoms with Crippen molar-refractivity contribution in [3.63, 3.8) is 0 Å². The monoisotopic (exact) mass is 168 g/mol. The topological polar surface area (TPSA) is 41.1 Å². The third-order valence-electron chi connectivity index (χ3n) is 2.93. The molecule has 2 N–H and O–H groups in total. The second-order valence-electron chi connectivity index (χ2n) is 4.32. The van der Waals surface area contributed by atoms with Crippen LogP contribution in [0.4, 0.5) is 0 Å². The molecule has 2 fully saturated rings. The fraction of sp³-hybridized carbons (Fsp3) is 0.889. The van der Waals surface area contributed by atoms with E-state index in [-0.39, 0.29) is 11.9 Å². The van der Waals surface area contributed by atoms with Gasteiger partial charge in [-0.05, 0) is 31.2 Å². The Morgan fingerprint density at radius 3 is 2.75 bits per heavy atom. The van der Waals surface area contributed by atoms with Crippen molar-refractivity contribution in [2.45, 2.75) is 32.2 Å². The molecule has 1 heterocycles. The molecule has 1 amide bonds. The lowest BCUT2D eigenvalue weighted by Crippen LogP contribution is -2.53. The first kappa shape index (κ1) is 8.05. The number of nitrogens with one attached hydrogen (secondary N) is 2. The van der Waals surface area contributed by atoms with E-state index in [4.69, 9.17) is 0 Å². The molecule has 1 saturated heterocycles. The zero-order chi connectivity index (χ0) is 8.60. The Labute approximate surface area is 72.9 Å². The molecule has 1 aliphatic heterocycles. The second-order valence-corrected chi connectivity index (χ2v) is 4.32. The summed E-state index contributed by atoms with van der Waals surface area (Å²) < 4.78 is 0. The van der Waals surface area contributed by atoms with Crippen LogP contribution in [-0.4, -0.2) is 25.0 Å². The summed E-state index contributed by atoms with van der Waals surface area (Å²) in [6.07, 6.45) is 3.54. The number of carbonyl (C=O) groups is 1. The predicted octanol–water partition coefficient (Wildman–Crippen LogP) is 0.265. The normalized spacial score (nSPS) is 30.6. The van der Waals surface area contributed by atoms with Gasteiger partial charge in [-0.15, -0.1) is 0 Å². The molecule has 3 heteroatoms. The standard InChI is InChI=1S/C9H16N2O/c1-9(3-4-9)6-11-8(12)7-2-5-10-7/h7,10H,2-6H2,1H3,(H,11,12). The molecular formula is C9H16N2O. The van der Waals surface area contributed by atoms with Crippen molar-refractivity contribution in [3.05, 3.63) is 0 Å². The summed E-state index contributed by atoms with van der Waals surface area (Å²) in [7, 11) is 0. The molecule has 0 bridgehead atoms. The van der Waals surface area contributed by atoms with E-state index < -0.39 is 0 Å². The molecule has 1 atom stereocenters. The molecule has 0 spiro atoms. The van der Waals surface area contributed by atoms with Gasteiger partial charge in [0.05, 0.1) is 6.04 Å². The highest BCUT2D eigenvalue weighted by atomic mass is 16.2.